The summed E-state index contributed by atoms with van der Waals surface area (Å²) in [6.07, 6.45) is 0.799. The van der Waals surface area contributed by atoms with E-state index in [0.29, 0.717) is 17.8 Å². The number of rotatable bonds is 4. The van der Waals surface area contributed by atoms with Gasteiger partial charge in [0.1, 0.15) is 0 Å². The van der Waals surface area contributed by atoms with Gasteiger partial charge in [0.15, 0.2) is 0 Å². The molecule has 0 fully saturated rings. The number of benzene rings is 2. The Labute approximate surface area is 121 Å². The third-order valence-electron chi connectivity index (χ3n) is 2.74. The Kier molecular flexibility index (Phi) is 4.58. The number of nitrogen functional groups attached to an aromatic ring is 1. The van der Waals surface area contributed by atoms with Gasteiger partial charge in [-0.25, -0.2) is 0 Å². The predicted octanol–water partition coefficient (Wildman–Crippen LogP) is 3.00. The van der Waals surface area contributed by atoms with Crippen molar-refractivity contribution in [2.75, 3.05) is 12.3 Å². The van der Waals surface area contributed by atoms with Crippen LogP contribution in [0.25, 0.3) is 0 Å². The molecule has 0 aliphatic rings. The van der Waals surface area contributed by atoms with Crippen molar-refractivity contribution in [1.29, 1.82) is 0 Å². The second kappa shape index (κ2) is 6.38. The van der Waals surface area contributed by atoms with E-state index in [0.717, 1.165) is 10.9 Å². The second-order valence-corrected chi connectivity index (χ2v) is 5.18. The van der Waals surface area contributed by atoms with E-state index < -0.39 is 0 Å². The number of carbonyl (C=O) groups excluding carboxylic acids is 1. The van der Waals surface area contributed by atoms with Crippen molar-refractivity contribution in [2.45, 2.75) is 6.42 Å². The second-order valence-electron chi connectivity index (χ2n) is 4.26. The molecule has 0 aliphatic heterocycles. The fraction of sp³-hybridized carbons (Fsp3) is 0.133. The minimum absolute atomic E-state index is 0.0951. The molecule has 0 atom stereocenters. The molecule has 0 saturated heterocycles. The number of hydrogen-bond acceptors (Lipinski definition) is 2. The van der Waals surface area contributed by atoms with E-state index >= 15 is 0 Å². The van der Waals surface area contributed by atoms with Crippen molar-refractivity contribution < 1.29 is 4.79 Å². The van der Waals surface area contributed by atoms with Gasteiger partial charge in [0.05, 0.1) is 0 Å². The highest BCUT2D eigenvalue weighted by atomic mass is 79.9. The van der Waals surface area contributed by atoms with Gasteiger partial charge in [-0.2, -0.15) is 0 Å². The Bertz CT molecular complexity index is 584. The van der Waals surface area contributed by atoms with E-state index in [1.165, 1.54) is 5.56 Å². The zero-order chi connectivity index (χ0) is 13.7. The number of carbonyl (C=O) groups is 1. The molecule has 2 aromatic rings. The summed E-state index contributed by atoms with van der Waals surface area (Å²) in [7, 11) is 0. The van der Waals surface area contributed by atoms with Crippen molar-refractivity contribution in [2.24, 2.45) is 0 Å². The molecule has 0 radical (unpaired) electrons. The first-order valence-electron chi connectivity index (χ1n) is 6.03. The standard InChI is InChI=1S/C15H15BrN2O/c16-13-5-1-3-11(9-13)7-8-18-15(19)12-4-2-6-14(17)10-12/h1-6,9-10H,7-8,17H2,(H,18,19). The number of nitrogens with one attached hydrogen (secondary N) is 1. The fourth-order valence-corrected chi connectivity index (χ4v) is 2.24. The van der Waals surface area contributed by atoms with Crippen molar-refractivity contribution in [3.63, 3.8) is 0 Å². The molecule has 0 aromatic heterocycles. The largest absolute Gasteiger partial charge is 0.399 e. The van der Waals surface area contributed by atoms with Crippen LogP contribution in [0.1, 0.15) is 15.9 Å². The van der Waals surface area contributed by atoms with Gasteiger partial charge in [-0.05, 0) is 42.3 Å². The van der Waals surface area contributed by atoms with Crippen LogP contribution >= 0.6 is 15.9 Å². The molecule has 0 saturated carbocycles. The van der Waals surface area contributed by atoms with Crippen molar-refractivity contribution in [3.8, 4) is 0 Å². The zero-order valence-corrected chi connectivity index (χ0v) is 12.0. The van der Waals surface area contributed by atoms with E-state index in [2.05, 4.69) is 21.2 Å². The summed E-state index contributed by atoms with van der Waals surface area (Å²) >= 11 is 3.43. The summed E-state index contributed by atoms with van der Waals surface area (Å²) in [5.74, 6) is -0.0951. The lowest BCUT2D eigenvalue weighted by molar-refractivity contribution is 0.0954. The highest BCUT2D eigenvalue weighted by Gasteiger charge is 2.04. The van der Waals surface area contributed by atoms with Crippen LogP contribution in [0.2, 0.25) is 0 Å². The Hall–Kier alpha value is -1.81. The van der Waals surface area contributed by atoms with Gasteiger partial charge in [0, 0.05) is 22.3 Å². The molecule has 3 N–H and O–H groups in total. The maximum absolute atomic E-state index is 11.9. The maximum atomic E-state index is 11.9. The fourth-order valence-electron chi connectivity index (χ4n) is 1.79. The lowest BCUT2D eigenvalue weighted by Gasteiger charge is -2.06. The SMILES string of the molecule is Nc1cccc(C(=O)NCCc2cccc(Br)c2)c1. The molecule has 0 bridgehead atoms. The normalized spacial score (nSPS) is 10.2. The summed E-state index contributed by atoms with van der Waals surface area (Å²) in [5, 5.41) is 2.88. The van der Waals surface area contributed by atoms with Gasteiger partial charge in [-0.15, -0.1) is 0 Å². The topological polar surface area (TPSA) is 55.1 Å². The smallest absolute Gasteiger partial charge is 0.251 e. The molecule has 98 valence electrons. The summed E-state index contributed by atoms with van der Waals surface area (Å²) in [4.78, 5) is 11.9. The predicted molar refractivity (Wildman–Crippen MR) is 81.0 cm³/mol. The van der Waals surface area contributed by atoms with Crippen molar-refractivity contribution >= 4 is 27.5 Å². The summed E-state index contributed by atoms with van der Waals surface area (Å²) < 4.78 is 1.05. The van der Waals surface area contributed by atoms with E-state index in [4.69, 9.17) is 5.73 Å². The highest BCUT2D eigenvalue weighted by molar-refractivity contribution is 9.10. The van der Waals surface area contributed by atoms with Crippen LogP contribution in [0.5, 0.6) is 0 Å². The number of hydrogen-bond donors (Lipinski definition) is 2. The maximum Gasteiger partial charge on any atom is 0.251 e. The van der Waals surface area contributed by atoms with Gasteiger partial charge in [-0.1, -0.05) is 34.1 Å². The zero-order valence-electron chi connectivity index (χ0n) is 10.4. The summed E-state index contributed by atoms with van der Waals surface area (Å²) in [5.41, 5.74) is 8.02. The molecule has 19 heavy (non-hydrogen) atoms. The van der Waals surface area contributed by atoms with E-state index in [9.17, 15) is 4.79 Å². The molecule has 2 rings (SSSR count). The van der Waals surface area contributed by atoms with E-state index in [1.54, 1.807) is 24.3 Å². The first-order valence-corrected chi connectivity index (χ1v) is 6.82. The van der Waals surface area contributed by atoms with Crippen molar-refractivity contribution in [3.05, 3.63) is 64.1 Å². The molecular weight excluding hydrogens is 304 g/mol. The molecule has 0 heterocycles. The lowest BCUT2D eigenvalue weighted by atomic mass is 10.1. The summed E-state index contributed by atoms with van der Waals surface area (Å²) in [6, 6.07) is 15.0. The van der Waals surface area contributed by atoms with Crippen LogP contribution in [-0.4, -0.2) is 12.5 Å². The Morgan fingerprint density at radius 2 is 1.95 bits per heavy atom. The van der Waals surface area contributed by atoms with Crippen LogP contribution in [-0.2, 0) is 6.42 Å². The molecule has 3 nitrogen and oxygen atoms in total. The minimum atomic E-state index is -0.0951. The molecule has 0 unspecified atom stereocenters. The molecular formula is C15H15BrN2O. The van der Waals surface area contributed by atoms with Gasteiger partial charge < -0.3 is 11.1 Å². The van der Waals surface area contributed by atoms with Crippen LogP contribution in [0.3, 0.4) is 0 Å². The molecule has 0 spiro atoms. The van der Waals surface area contributed by atoms with Gasteiger partial charge >= 0.3 is 0 Å². The third kappa shape index (κ3) is 4.10. The molecule has 0 aliphatic carbocycles. The lowest BCUT2D eigenvalue weighted by Crippen LogP contribution is -2.25. The average Bonchev–Trinajstić information content (AvgIpc) is 2.38. The number of anilines is 1. The van der Waals surface area contributed by atoms with E-state index in [1.807, 2.05) is 24.3 Å². The third-order valence-corrected chi connectivity index (χ3v) is 3.23. The molecule has 2 aromatic carbocycles. The van der Waals surface area contributed by atoms with Crippen LogP contribution in [0.15, 0.2) is 53.0 Å². The number of amides is 1. The first kappa shape index (κ1) is 13.6. The molecule has 4 heteroatoms. The Morgan fingerprint density at radius 1 is 1.16 bits per heavy atom. The highest BCUT2D eigenvalue weighted by Crippen LogP contribution is 2.12. The van der Waals surface area contributed by atoms with Crippen LogP contribution < -0.4 is 11.1 Å². The Morgan fingerprint density at radius 3 is 2.68 bits per heavy atom. The first-order chi connectivity index (χ1) is 9.15. The Balaban J connectivity index is 1.87. The van der Waals surface area contributed by atoms with E-state index in [-0.39, 0.29) is 5.91 Å². The van der Waals surface area contributed by atoms with Gasteiger partial charge in [0.25, 0.3) is 5.91 Å². The minimum Gasteiger partial charge on any atom is -0.399 e. The number of halogens is 1. The molecule has 1 amide bonds. The van der Waals surface area contributed by atoms with Crippen molar-refractivity contribution in [1.82, 2.24) is 5.32 Å². The average molecular weight is 319 g/mol. The van der Waals surface area contributed by atoms with Crippen LogP contribution in [0.4, 0.5) is 5.69 Å². The van der Waals surface area contributed by atoms with Gasteiger partial charge in [0.2, 0.25) is 0 Å². The number of nitrogens with two attached hydrogens (primary N) is 1. The van der Waals surface area contributed by atoms with Crippen LogP contribution in [0, 0.1) is 0 Å². The quantitative estimate of drug-likeness (QED) is 0.851. The monoisotopic (exact) mass is 318 g/mol. The van der Waals surface area contributed by atoms with Gasteiger partial charge in [-0.3, -0.25) is 4.79 Å². The summed E-state index contributed by atoms with van der Waals surface area (Å²) in [6.45, 7) is 0.601.